The summed E-state index contributed by atoms with van der Waals surface area (Å²) in [6.45, 7) is 10.2. The summed E-state index contributed by atoms with van der Waals surface area (Å²) in [6.07, 6.45) is 11.9. The summed E-state index contributed by atoms with van der Waals surface area (Å²) in [6, 6.07) is 0.292. The van der Waals surface area contributed by atoms with Crippen LogP contribution in [0, 0.1) is 23.2 Å². The fraction of sp³-hybridized carbons (Fsp3) is 0.870. The molecule has 1 saturated carbocycles. The van der Waals surface area contributed by atoms with Crippen LogP contribution in [0.2, 0.25) is 0 Å². The number of alkyl carbamates (subject to hydrolysis) is 1. The Morgan fingerprint density at radius 1 is 1.30 bits per heavy atom. The summed E-state index contributed by atoms with van der Waals surface area (Å²) in [5.74, 6) is 1.28. The van der Waals surface area contributed by atoms with E-state index >= 15 is 0 Å². The van der Waals surface area contributed by atoms with Crippen molar-refractivity contribution in [2.45, 2.75) is 91.2 Å². The molecule has 0 aromatic heterocycles. The van der Waals surface area contributed by atoms with Crippen LogP contribution < -0.4 is 5.32 Å². The van der Waals surface area contributed by atoms with Gasteiger partial charge in [-0.15, -0.1) is 0 Å². The van der Waals surface area contributed by atoms with Crippen molar-refractivity contribution < 1.29 is 14.3 Å². The second-order valence-corrected chi connectivity index (χ2v) is 9.29. The SMILES string of the molecule is CCCC[C@H]1OC[C@@]2(COC(=O)NC3CCCCC3)[C@H](C)C=C(C)[C@@H]1[C@H]2C. The maximum atomic E-state index is 12.4. The van der Waals surface area contributed by atoms with Crippen LogP contribution >= 0.6 is 0 Å². The quantitative estimate of drug-likeness (QED) is 0.624. The molecule has 1 N–H and O–H groups in total. The molecule has 0 radical (unpaired) electrons. The summed E-state index contributed by atoms with van der Waals surface area (Å²) in [5, 5.41) is 3.09. The lowest BCUT2D eigenvalue weighted by molar-refractivity contribution is -0.165. The molecule has 154 valence electrons. The number of unbranched alkanes of at least 4 members (excludes halogenated alkanes) is 1. The molecule has 0 aromatic carbocycles. The van der Waals surface area contributed by atoms with Gasteiger partial charge in [0.1, 0.15) is 6.61 Å². The van der Waals surface area contributed by atoms with Gasteiger partial charge in [0.2, 0.25) is 0 Å². The number of carbonyl (C=O) groups excluding carboxylic acids is 1. The van der Waals surface area contributed by atoms with Crippen LogP contribution in [-0.2, 0) is 9.47 Å². The van der Waals surface area contributed by atoms with Crippen molar-refractivity contribution in [2.24, 2.45) is 23.2 Å². The van der Waals surface area contributed by atoms with Crippen LogP contribution in [0.1, 0.15) is 79.1 Å². The maximum Gasteiger partial charge on any atom is 0.407 e. The Morgan fingerprint density at radius 2 is 2.04 bits per heavy atom. The minimum atomic E-state index is -0.244. The van der Waals surface area contributed by atoms with E-state index in [1.165, 1.54) is 37.7 Å². The number of amides is 1. The van der Waals surface area contributed by atoms with Gasteiger partial charge in [-0.25, -0.2) is 4.79 Å². The minimum Gasteiger partial charge on any atom is -0.449 e. The van der Waals surface area contributed by atoms with E-state index in [1.807, 2.05) is 0 Å². The zero-order chi connectivity index (χ0) is 19.4. The number of ether oxygens (including phenoxy) is 2. The predicted molar refractivity (Wildman–Crippen MR) is 109 cm³/mol. The van der Waals surface area contributed by atoms with E-state index in [1.54, 1.807) is 0 Å². The van der Waals surface area contributed by atoms with Gasteiger partial charge in [-0.05, 0) is 38.0 Å². The lowest BCUT2D eigenvalue weighted by Crippen LogP contribution is -2.57. The molecule has 2 bridgehead atoms. The predicted octanol–water partition coefficient (Wildman–Crippen LogP) is 5.47. The highest BCUT2D eigenvalue weighted by Gasteiger charge is 2.53. The van der Waals surface area contributed by atoms with Crippen LogP contribution in [0.4, 0.5) is 4.79 Å². The smallest absolute Gasteiger partial charge is 0.407 e. The van der Waals surface area contributed by atoms with Gasteiger partial charge in [0, 0.05) is 17.4 Å². The molecule has 0 spiro atoms. The first kappa shape index (κ1) is 20.7. The zero-order valence-electron chi connectivity index (χ0n) is 17.8. The number of allylic oxidation sites excluding steroid dienone is 1. The number of carbonyl (C=O) groups is 1. The van der Waals surface area contributed by atoms with Gasteiger partial charge >= 0.3 is 6.09 Å². The van der Waals surface area contributed by atoms with Gasteiger partial charge < -0.3 is 14.8 Å². The highest BCUT2D eigenvalue weighted by Crippen LogP contribution is 2.53. The summed E-state index contributed by atoms with van der Waals surface area (Å²) < 4.78 is 12.2. The molecular formula is C23H39NO3. The Hall–Kier alpha value is -1.03. The molecule has 0 aromatic rings. The first-order valence-corrected chi connectivity index (χ1v) is 11.2. The summed E-state index contributed by atoms with van der Waals surface area (Å²) >= 11 is 0. The normalized spacial score (nSPS) is 36.8. The molecule has 0 unspecified atom stereocenters. The number of hydrogen-bond donors (Lipinski definition) is 1. The molecule has 4 heteroatoms. The lowest BCUT2D eigenvalue weighted by Gasteiger charge is -2.55. The zero-order valence-corrected chi connectivity index (χ0v) is 17.8. The molecule has 2 aliphatic carbocycles. The molecule has 2 fully saturated rings. The Bertz CT molecular complexity index is 540. The van der Waals surface area contributed by atoms with Gasteiger partial charge in [0.25, 0.3) is 0 Å². The summed E-state index contributed by atoms with van der Waals surface area (Å²) in [4.78, 5) is 12.4. The van der Waals surface area contributed by atoms with Crippen molar-refractivity contribution in [3.8, 4) is 0 Å². The minimum absolute atomic E-state index is 0.100. The van der Waals surface area contributed by atoms with E-state index in [0.29, 0.717) is 43.1 Å². The van der Waals surface area contributed by atoms with Crippen molar-refractivity contribution in [1.82, 2.24) is 5.32 Å². The highest BCUT2D eigenvalue weighted by atomic mass is 16.6. The average molecular weight is 378 g/mol. The van der Waals surface area contributed by atoms with Crippen molar-refractivity contribution in [3.05, 3.63) is 11.6 Å². The van der Waals surface area contributed by atoms with Gasteiger partial charge in [0.05, 0.1) is 12.7 Å². The van der Waals surface area contributed by atoms with Crippen molar-refractivity contribution in [3.63, 3.8) is 0 Å². The largest absolute Gasteiger partial charge is 0.449 e. The molecule has 3 rings (SSSR count). The van der Waals surface area contributed by atoms with E-state index < -0.39 is 0 Å². The van der Waals surface area contributed by atoms with E-state index in [0.717, 1.165) is 19.3 Å². The van der Waals surface area contributed by atoms with Crippen LogP contribution in [0.15, 0.2) is 11.6 Å². The van der Waals surface area contributed by atoms with Gasteiger partial charge in [-0.2, -0.15) is 0 Å². The van der Waals surface area contributed by atoms with E-state index in [9.17, 15) is 4.79 Å². The van der Waals surface area contributed by atoms with Gasteiger partial charge in [-0.1, -0.05) is 64.5 Å². The first-order valence-electron chi connectivity index (χ1n) is 11.2. The van der Waals surface area contributed by atoms with Crippen molar-refractivity contribution >= 4 is 6.09 Å². The fourth-order valence-corrected chi connectivity index (χ4v) is 5.71. The van der Waals surface area contributed by atoms with Crippen LogP contribution in [-0.4, -0.2) is 31.5 Å². The number of nitrogens with one attached hydrogen (secondary N) is 1. The van der Waals surface area contributed by atoms with Crippen molar-refractivity contribution in [2.75, 3.05) is 13.2 Å². The van der Waals surface area contributed by atoms with Gasteiger partial charge in [0.15, 0.2) is 0 Å². The molecule has 1 aliphatic heterocycles. The lowest BCUT2D eigenvalue weighted by atomic mass is 9.56. The molecule has 1 amide bonds. The third-order valence-corrected chi connectivity index (χ3v) is 7.60. The van der Waals surface area contributed by atoms with E-state index in [2.05, 4.69) is 39.1 Å². The average Bonchev–Trinajstić information content (AvgIpc) is 2.65. The molecule has 27 heavy (non-hydrogen) atoms. The molecule has 5 atom stereocenters. The Kier molecular flexibility index (Phi) is 6.88. The molecule has 1 saturated heterocycles. The monoisotopic (exact) mass is 377 g/mol. The fourth-order valence-electron chi connectivity index (χ4n) is 5.71. The Morgan fingerprint density at radius 3 is 2.74 bits per heavy atom. The molecular weight excluding hydrogens is 338 g/mol. The third-order valence-electron chi connectivity index (χ3n) is 7.60. The van der Waals surface area contributed by atoms with Crippen LogP contribution in [0.5, 0.6) is 0 Å². The maximum absolute atomic E-state index is 12.4. The number of hydrogen-bond acceptors (Lipinski definition) is 3. The highest BCUT2D eigenvalue weighted by molar-refractivity contribution is 5.67. The van der Waals surface area contributed by atoms with E-state index in [-0.39, 0.29) is 11.5 Å². The van der Waals surface area contributed by atoms with Crippen molar-refractivity contribution in [1.29, 1.82) is 0 Å². The second-order valence-electron chi connectivity index (χ2n) is 9.29. The Balaban J connectivity index is 1.64. The summed E-state index contributed by atoms with van der Waals surface area (Å²) in [7, 11) is 0. The molecule has 3 aliphatic rings. The third kappa shape index (κ3) is 4.36. The Labute approximate surface area is 165 Å². The molecule has 4 nitrogen and oxygen atoms in total. The van der Waals surface area contributed by atoms with Crippen LogP contribution in [0.25, 0.3) is 0 Å². The van der Waals surface area contributed by atoms with E-state index in [4.69, 9.17) is 9.47 Å². The first-order chi connectivity index (χ1) is 13.0. The molecule has 1 heterocycles. The topological polar surface area (TPSA) is 47.6 Å². The van der Waals surface area contributed by atoms with Gasteiger partial charge in [-0.3, -0.25) is 0 Å². The second kappa shape index (κ2) is 8.98. The van der Waals surface area contributed by atoms with Crippen LogP contribution in [0.3, 0.4) is 0 Å². The number of fused-ring (bicyclic) bond motifs is 2. The summed E-state index contributed by atoms with van der Waals surface area (Å²) in [5.41, 5.74) is 1.36. The standard InChI is InChI=1S/C23H39NO3/c1-5-6-12-20-21-16(2)13-17(3)23(14-26-20,18(21)4)15-27-22(25)24-19-10-8-7-9-11-19/h13,17-21H,5-12,14-15H2,1-4H3,(H,24,25)/t17-,18-,20-,21-,23-/m1/s1. The number of rotatable bonds is 6.